The molecule has 0 radical (unpaired) electrons. The normalized spacial score (nSPS) is 11.4. The zero-order valence-corrected chi connectivity index (χ0v) is 18.7. The largest absolute Gasteiger partial charge is 0.382 e. The van der Waals surface area contributed by atoms with E-state index >= 15 is 0 Å². The fourth-order valence-electron chi connectivity index (χ4n) is 3.43. The Bertz CT molecular complexity index is 1100. The number of hydrogen-bond acceptors (Lipinski definition) is 4. The molecule has 8 nitrogen and oxygen atoms in total. The fraction of sp³-hybridized carbons (Fsp3) is 0.348. The Balaban J connectivity index is 1.67. The summed E-state index contributed by atoms with van der Waals surface area (Å²) in [6.45, 7) is 4.13. The highest BCUT2D eigenvalue weighted by atomic mass is 19.1. The number of nitrogens with one attached hydrogen (secondary N) is 1. The minimum Gasteiger partial charge on any atom is -0.382 e. The van der Waals surface area contributed by atoms with Crippen LogP contribution in [0.3, 0.4) is 0 Å². The van der Waals surface area contributed by atoms with Gasteiger partial charge in [0.05, 0.1) is 17.9 Å². The number of rotatable bonds is 8. The van der Waals surface area contributed by atoms with E-state index in [2.05, 4.69) is 32.0 Å². The summed E-state index contributed by atoms with van der Waals surface area (Å²) in [4.78, 5) is 6.81. The summed E-state index contributed by atoms with van der Waals surface area (Å²) in [5, 5.41) is 17.4. The molecule has 0 aliphatic carbocycles. The van der Waals surface area contributed by atoms with Gasteiger partial charge in [-0.3, -0.25) is 4.99 Å². The van der Waals surface area contributed by atoms with Gasteiger partial charge >= 0.3 is 0 Å². The summed E-state index contributed by atoms with van der Waals surface area (Å²) in [7, 11) is 4.03. The highest BCUT2D eigenvalue weighted by Gasteiger charge is 2.16. The molecular formula is C23H29FN8. The first-order valence-electron chi connectivity index (χ1n) is 10.6. The van der Waals surface area contributed by atoms with Crippen LogP contribution in [0, 0.1) is 17.1 Å². The molecule has 0 saturated heterocycles. The highest BCUT2D eigenvalue weighted by Crippen LogP contribution is 2.21. The van der Waals surface area contributed by atoms with Crippen LogP contribution in [0.25, 0.3) is 5.69 Å². The van der Waals surface area contributed by atoms with Crippen molar-refractivity contribution in [3.63, 3.8) is 0 Å². The molecule has 1 aromatic carbocycles. The number of nitrogen functional groups attached to an aromatic ring is 1. The lowest BCUT2D eigenvalue weighted by Gasteiger charge is -2.22. The van der Waals surface area contributed by atoms with Crippen LogP contribution in [-0.4, -0.2) is 45.3 Å². The van der Waals surface area contributed by atoms with E-state index < -0.39 is 0 Å². The number of aromatic nitrogens is 3. The van der Waals surface area contributed by atoms with Crippen molar-refractivity contribution in [2.24, 2.45) is 12.0 Å². The van der Waals surface area contributed by atoms with Crippen LogP contribution in [0.15, 0.2) is 47.6 Å². The van der Waals surface area contributed by atoms with Crippen LogP contribution in [0.5, 0.6) is 0 Å². The Morgan fingerprint density at radius 1 is 1.31 bits per heavy atom. The molecule has 3 aromatic rings. The molecule has 32 heavy (non-hydrogen) atoms. The van der Waals surface area contributed by atoms with E-state index in [0.717, 1.165) is 19.0 Å². The maximum atomic E-state index is 13.2. The second-order valence-corrected chi connectivity index (χ2v) is 7.51. The number of benzene rings is 1. The predicted molar refractivity (Wildman–Crippen MR) is 124 cm³/mol. The van der Waals surface area contributed by atoms with E-state index in [1.54, 1.807) is 12.1 Å². The molecule has 0 saturated carbocycles. The quantitative estimate of drug-likeness (QED) is 0.321. The van der Waals surface area contributed by atoms with Gasteiger partial charge in [-0.15, -0.1) is 0 Å². The molecule has 3 N–H and O–H groups in total. The maximum absolute atomic E-state index is 13.2. The number of aryl methyl sites for hydroxylation is 2. The maximum Gasteiger partial charge on any atom is 0.194 e. The van der Waals surface area contributed by atoms with Crippen LogP contribution in [0.2, 0.25) is 0 Å². The van der Waals surface area contributed by atoms with Crippen LogP contribution in [-0.2, 0) is 20.0 Å². The fourth-order valence-corrected chi connectivity index (χ4v) is 3.43. The predicted octanol–water partition coefficient (Wildman–Crippen LogP) is 2.83. The van der Waals surface area contributed by atoms with Crippen LogP contribution in [0.4, 0.5) is 10.2 Å². The smallest absolute Gasteiger partial charge is 0.194 e. The van der Waals surface area contributed by atoms with Crippen LogP contribution < -0.4 is 11.1 Å². The van der Waals surface area contributed by atoms with Gasteiger partial charge in [0.25, 0.3) is 0 Å². The monoisotopic (exact) mass is 436 g/mol. The lowest BCUT2D eigenvalue weighted by molar-refractivity contribution is 0.461. The number of aliphatic imine (C=N–C) groups is 1. The second-order valence-electron chi connectivity index (χ2n) is 7.51. The number of hydrogen-bond donors (Lipinski definition) is 2. The van der Waals surface area contributed by atoms with Gasteiger partial charge in [0, 0.05) is 39.1 Å². The molecule has 3 rings (SSSR count). The van der Waals surface area contributed by atoms with Gasteiger partial charge in [0.1, 0.15) is 23.3 Å². The molecule has 2 heterocycles. The molecule has 168 valence electrons. The van der Waals surface area contributed by atoms with Crippen molar-refractivity contribution < 1.29 is 4.39 Å². The minimum atomic E-state index is -0.341. The molecule has 0 amide bonds. The van der Waals surface area contributed by atoms with E-state index in [4.69, 9.17) is 10.7 Å². The second kappa shape index (κ2) is 10.5. The van der Waals surface area contributed by atoms with Gasteiger partial charge < -0.3 is 20.5 Å². The molecule has 0 fully saturated rings. The average Bonchev–Trinajstić information content (AvgIpc) is 3.33. The molecule has 9 heteroatoms. The Labute approximate surface area is 187 Å². The number of nitrogens with zero attached hydrogens (tertiary/aromatic N) is 6. The number of halogens is 1. The van der Waals surface area contributed by atoms with Gasteiger partial charge in [0.15, 0.2) is 5.96 Å². The third kappa shape index (κ3) is 5.27. The number of guanidine groups is 1. The zero-order chi connectivity index (χ0) is 23.1. The van der Waals surface area contributed by atoms with Crippen LogP contribution >= 0.6 is 0 Å². The number of anilines is 1. The number of nitriles is 1. The summed E-state index contributed by atoms with van der Waals surface area (Å²) >= 11 is 0. The topological polar surface area (TPSA) is 100 Å². The molecule has 2 aromatic heterocycles. The molecular weight excluding hydrogens is 407 g/mol. The lowest BCUT2D eigenvalue weighted by atomic mass is 10.1. The molecule has 0 bridgehead atoms. The van der Waals surface area contributed by atoms with Crippen molar-refractivity contribution in [2.75, 3.05) is 25.9 Å². The molecule has 0 spiro atoms. The average molecular weight is 437 g/mol. The third-order valence-corrected chi connectivity index (χ3v) is 5.16. The van der Waals surface area contributed by atoms with E-state index in [9.17, 15) is 9.65 Å². The molecule has 0 atom stereocenters. The molecule has 0 aliphatic heterocycles. The van der Waals surface area contributed by atoms with E-state index in [1.807, 2.05) is 33.3 Å². The SMILES string of the molecule is CCNC(=NCCCc1nn(-c2ccc(F)cc2)c(N)c1C#N)N(C)Cc1cccn1C. The first kappa shape index (κ1) is 22.9. The van der Waals surface area contributed by atoms with E-state index in [1.165, 1.54) is 22.5 Å². The summed E-state index contributed by atoms with van der Waals surface area (Å²) in [6, 6.07) is 12.1. The summed E-state index contributed by atoms with van der Waals surface area (Å²) < 4.78 is 16.8. The van der Waals surface area contributed by atoms with Gasteiger partial charge in [-0.2, -0.15) is 10.4 Å². The first-order chi connectivity index (χ1) is 15.4. The standard InChI is InChI=1S/C23H29FN8/c1-4-27-23(31(3)16-19-7-6-14-30(19)2)28-13-5-8-21-20(15-25)22(26)32(29-21)18-11-9-17(24)10-12-18/h6-7,9-12,14H,4-5,8,13,16,26H2,1-3H3,(H,27,28). The summed E-state index contributed by atoms with van der Waals surface area (Å²) in [6.07, 6.45) is 3.30. The van der Waals surface area contributed by atoms with E-state index in [-0.39, 0.29) is 11.6 Å². The Morgan fingerprint density at radius 3 is 2.69 bits per heavy atom. The highest BCUT2D eigenvalue weighted by molar-refractivity contribution is 5.79. The van der Waals surface area contributed by atoms with Crippen molar-refractivity contribution in [3.8, 4) is 11.8 Å². The number of nitrogens with two attached hydrogens (primary N) is 1. The molecule has 0 aliphatic rings. The molecule has 0 unspecified atom stereocenters. The zero-order valence-electron chi connectivity index (χ0n) is 18.7. The van der Waals surface area contributed by atoms with Crippen molar-refractivity contribution in [3.05, 3.63) is 65.4 Å². The van der Waals surface area contributed by atoms with Crippen molar-refractivity contribution in [1.29, 1.82) is 5.26 Å². The first-order valence-corrected chi connectivity index (χ1v) is 10.6. The van der Waals surface area contributed by atoms with E-state index in [0.29, 0.717) is 36.3 Å². The van der Waals surface area contributed by atoms with Gasteiger partial charge in [-0.05, 0) is 56.2 Å². The van der Waals surface area contributed by atoms with Crippen molar-refractivity contribution >= 4 is 11.8 Å². The van der Waals surface area contributed by atoms with Crippen LogP contribution in [0.1, 0.15) is 30.3 Å². The lowest BCUT2D eigenvalue weighted by Crippen LogP contribution is -2.38. The Morgan fingerprint density at radius 2 is 2.06 bits per heavy atom. The minimum absolute atomic E-state index is 0.258. The van der Waals surface area contributed by atoms with Gasteiger partial charge in [-0.25, -0.2) is 9.07 Å². The summed E-state index contributed by atoms with van der Waals surface area (Å²) in [5.74, 6) is 0.741. The summed E-state index contributed by atoms with van der Waals surface area (Å²) in [5.41, 5.74) is 8.91. The Hall–Kier alpha value is -3.80. The van der Waals surface area contributed by atoms with Crippen molar-refractivity contribution in [2.45, 2.75) is 26.3 Å². The van der Waals surface area contributed by atoms with Crippen molar-refractivity contribution in [1.82, 2.24) is 24.6 Å². The third-order valence-electron chi connectivity index (χ3n) is 5.16. The Kier molecular flexibility index (Phi) is 7.49. The van der Waals surface area contributed by atoms with Gasteiger partial charge in [-0.1, -0.05) is 0 Å². The van der Waals surface area contributed by atoms with Gasteiger partial charge in [0.2, 0.25) is 0 Å².